The van der Waals surface area contributed by atoms with E-state index in [1.165, 1.54) is 4.90 Å². The van der Waals surface area contributed by atoms with Crippen LogP contribution in [0.2, 0.25) is 0 Å². The lowest BCUT2D eigenvalue weighted by Gasteiger charge is -2.33. The molecule has 41 heavy (non-hydrogen) atoms. The monoisotopic (exact) mass is 569 g/mol. The zero-order chi connectivity index (χ0) is 29.8. The number of likely N-dealkylation sites (tertiary alicyclic amines) is 1. The maximum Gasteiger partial charge on any atom is 0.408 e. The first kappa shape index (κ1) is 31.4. The van der Waals surface area contributed by atoms with Crippen molar-refractivity contribution in [1.29, 1.82) is 0 Å². The molecule has 3 rings (SSSR count). The van der Waals surface area contributed by atoms with Crippen LogP contribution in [0.15, 0.2) is 60.7 Å². The third kappa shape index (κ3) is 10.1. The fourth-order valence-electron chi connectivity index (χ4n) is 4.50. The second-order valence-electron chi connectivity index (χ2n) is 10.7. The van der Waals surface area contributed by atoms with Crippen molar-refractivity contribution in [2.24, 2.45) is 0 Å². The third-order valence-electron chi connectivity index (χ3n) is 6.36. The Hall–Kier alpha value is -4.12. The van der Waals surface area contributed by atoms with E-state index in [2.05, 4.69) is 10.6 Å². The molecular weight excluding hydrogens is 530 g/mol. The Morgan fingerprint density at radius 2 is 1.46 bits per heavy atom. The van der Waals surface area contributed by atoms with Gasteiger partial charge in [-0.3, -0.25) is 4.79 Å². The van der Waals surface area contributed by atoms with Gasteiger partial charge >= 0.3 is 18.2 Å². The molecule has 1 aliphatic rings. The van der Waals surface area contributed by atoms with Crippen LogP contribution in [-0.4, -0.2) is 70.9 Å². The molecule has 0 saturated carbocycles. The number of aliphatic hydroxyl groups excluding tert-OH is 1. The van der Waals surface area contributed by atoms with Crippen molar-refractivity contribution in [1.82, 2.24) is 15.5 Å². The molecule has 11 heteroatoms. The predicted octanol–water partition coefficient (Wildman–Crippen LogP) is 3.29. The second kappa shape index (κ2) is 15.0. The second-order valence-corrected chi connectivity index (χ2v) is 10.7. The summed E-state index contributed by atoms with van der Waals surface area (Å²) in [6, 6.07) is 15.4. The van der Waals surface area contributed by atoms with Gasteiger partial charge in [0.25, 0.3) is 0 Å². The van der Waals surface area contributed by atoms with Crippen LogP contribution in [0.25, 0.3) is 0 Å². The molecule has 1 fully saturated rings. The van der Waals surface area contributed by atoms with Crippen LogP contribution < -0.4 is 10.6 Å². The molecule has 0 bridgehead atoms. The number of carbonyl (C=O) groups is 4. The van der Waals surface area contributed by atoms with Crippen LogP contribution >= 0.6 is 0 Å². The molecule has 0 aromatic heterocycles. The first-order valence-corrected chi connectivity index (χ1v) is 13.6. The smallest absolute Gasteiger partial charge is 0.408 e. The molecule has 3 amide bonds. The Kier molecular flexibility index (Phi) is 11.5. The van der Waals surface area contributed by atoms with Crippen molar-refractivity contribution in [3.63, 3.8) is 0 Å². The number of hydrogen-bond acceptors (Lipinski definition) is 8. The minimum Gasteiger partial charge on any atom is -0.458 e. The van der Waals surface area contributed by atoms with Gasteiger partial charge in [0.2, 0.25) is 5.91 Å². The average Bonchev–Trinajstić information content (AvgIpc) is 3.37. The van der Waals surface area contributed by atoms with Crippen LogP contribution in [0.1, 0.15) is 51.2 Å². The van der Waals surface area contributed by atoms with Crippen molar-refractivity contribution in [3.05, 3.63) is 71.8 Å². The molecular formula is C30H39N3O8. The molecule has 0 spiro atoms. The fraction of sp³-hybridized carbons (Fsp3) is 0.467. The van der Waals surface area contributed by atoms with Gasteiger partial charge in [0.15, 0.2) is 0 Å². The first-order chi connectivity index (χ1) is 19.6. The number of nitrogens with zero attached hydrogens (tertiary/aromatic N) is 1. The van der Waals surface area contributed by atoms with Gasteiger partial charge in [0.1, 0.15) is 30.9 Å². The minimum absolute atomic E-state index is 0.0171. The summed E-state index contributed by atoms with van der Waals surface area (Å²) in [6.07, 6.45) is -0.624. The lowest BCUT2D eigenvalue weighted by molar-refractivity contribution is -0.164. The van der Waals surface area contributed by atoms with Crippen molar-refractivity contribution >= 4 is 24.1 Å². The average molecular weight is 570 g/mol. The van der Waals surface area contributed by atoms with E-state index in [9.17, 15) is 24.3 Å². The van der Waals surface area contributed by atoms with E-state index < -0.39 is 47.8 Å². The molecule has 1 saturated heterocycles. The van der Waals surface area contributed by atoms with Gasteiger partial charge in [-0.15, -0.1) is 0 Å². The topological polar surface area (TPSA) is 144 Å². The van der Waals surface area contributed by atoms with Gasteiger partial charge < -0.3 is 34.9 Å². The molecule has 0 radical (unpaired) electrons. The normalized spacial score (nSPS) is 17.3. The molecule has 3 atom stereocenters. The summed E-state index contributed by atoms with van der Waals surface area (Å²) < 4.78 is 16.1. The highest BCUT2D eigenvalue weighted by molar-refractivity contribution is 5.91. The van der Waals surface area contributed by atoms with Crippen LogP contribution in [0, 0.1) is 0 Å². The van der Waals surface area contributed by atoms with Gasteiger partial charge in [-0.1, -0.05) is 60.7 Å². The Bertz CT molecular complexity index is 1150. The molecule has 3 N–H and O–H groups in total. The largest absolute Gasteiger partial charge is 0.458 e. The lowest BCUT2D eigenvalue weighted by atomic mass is 10.1. The fourth-order valence-corrected chi connectivity index (χ4v) is 4.50. The van der Waals surface area contributed by atoms with Gasteiger partial charge in [-0.05, 0) is 51.2 Å². The van der Waals surface area contributed by atoms with E-state index in [1.54, 1.807) is 57.2 Å². The number of carbonyl (C=O) groups excluding carboxylic acids is 4. The number of esters is 1. The number of nitrogens with one attached hydrogen (secondary N) is 2. The van der Waals surface area contributed by atoms with E-state index >= 15 is 0 Å². The predicted molar refractivity (Wildman–Crippen MR) is 149 cm³/mol. The zero-order valence-electron chi connectivity index (χ0n) is 23.7. The lowest BCUT2D eigenvalue weighted by Crippen LogP contribution is -2.58. The van der Waals surface area contributed by atoms with Gasteiger partial charge in [0.05, 0.1) is 6.54 Å². The SMILES string of the molecule is CC(C)(C)OC(=O)[C@H]1CC[C@H](CCO)N1C(=O)[C@H](CNC(=O)OCc1ccccc1)NC(=O)OCc1ccccc1. The van der Waals surface area contributed by atoms with E-state index in [4.69, 9.17) is 14.2 Å². The van der Waals surface area contributed by atoms with Crippen molar-refractivity contribution in [2.75, 3.05) is 13.2 Å². The standard InChI is InChI=1S/C30H39N3O8/c1-30(2,3)41-27(36)25-15-14-23(16-17-34)33(25)26(35)24(32-29(38)40-20-22-12-8-5-9-13-22)18-31-28(37)39-19-21-10-6-4-7-11-21/h4-13,23-25,34H,14-20H2,1-3H3,(H,31,37)(H,32,38)/t23-,24+,25-/m1/s1. The first-order valence-electron chi connectivity index (χ1n) is 13.6. The van der Waals surface area contributed by atoms with E-state index in [0.717, 1.165) is 11.1 Å². The van der Waals surface area contributed by atoms with Crippen LogP contribution in [-0.2, 0) is 37.0 Å². The summed E-state index contributed by atoms with van der Waals surface area (Å²) in [5.74, 6) is -1.19. The summed E-state index contributed by atoms with van der Waals surface area (Å²) in [6.45, 7) is 4.66. The summed E-state index contributed by atoms with van der Waals surface area (Å²) in [4.78, 5) is 53.5. The van der Waals surface area contributed by atoms with E-state index in [-0.39, 0.29) is 32.8 Å². The van der Waals surface area contributed by atoms with Gasteiger partial charge in [-0.2, -0.15) is 0 Å². The zero-order valence-corrected chi connectivity index (χ0v) is 23.7. The van der Waals surface area contributed by atoms with Gasteiger partial charge in [0, 0.05) is 12.6 Å². The Balaban J connectivity index is 1.74. The molecule has 1 aliphatic heterocycles. The number of benzene rings is 2. The number of ether oxygens (including phenoxy) is 3. The Morgan fingerprint density at radius 3 is 2.00 bits per heavy atom. The number of hydrogen-bond donors (Lipinski definition) is 3. The molecule has 0 unspecified atom stereocenters. The highest BCUT2D eigenvalue weighted by atomic mass is 16.6. The summed E-state index contributed by atoms with van der Waals surface area (Å²) >= 11 is 0. The van der Waals surface area contributed by atoms with E-state index in [1.807, 2.05) is 24.3 Å². The quantitative estimate of drug-likeness (QED) is 0.276. The molecule has 11 nitrogen and oxygen atoms in total. The molecule has 0 aliphatic carbocycles. The highest BCUT2D eigenvalue weighted by Gasteiger charge is 2.44. The van der Waals surface area contributed by atoms with Crippen molar-refractivity contribution in [3.8, 4) is 0 Å². The van der Waals surface area contributed by atoms with Crippen LogP contribution in [0.4, 0.5) is 9.59 Å². The van der Waals surface area contributed by atoms with E-state index in [0.29, 0.717) is 12.8 Å². The molecule has 2 aromatic carbocycles. The van der Waals surface area contributed by atoms with Crippen LogP contribution in [0.5, 0.6) is 0 Å². The number of alkyl carbamates (subject to hydrolysis) is 2. The number of amides is 3. The number of rotatable bonds is 11. The van der Waals surface area contributed by atoms with Gasteiger partial charge in [-0.25, -0.2) is 14.4 Å². The number of aliphatic hydroxyl groups is 1. The molecule has 1 heterocycles. The molecule has 2 aromatic rings. The Labute approximate surface area is 240 Å². The third-order valence-corrected chi connectivity index (χ3v) is 6.36. The molecule has 222 valence electrons. The van der Waals surface area contributed by atoms with Crippen LogP contribution in [0.3, 0.4) is 0 Å². The highest BCUT2D eigenvalue weighted by Crippen LogP contribution is 2.29. The van der Waals surface area contributed by atoms with Crippen molar-refractivity contribution < 1.29 is 38.5 Å². The summed E-state index contributed by atoms with van der Waals surface area (Å²) in [5.41, 5.74) is 0.756. The summed E-state index contributed by atoms with van der Waals surface area (Å²) in [7, 11) is 0. The summed E-state index contributed by atoms with van der Waals surface area (Å²) in [5, 5.41) is 14.7. The minimum atomic E-state index is -1.29. The Morgan fingerprint density at radius 1 is 0.902 bits per heavy atom. The van der Waals surface area contributed by atoms with Crippen molar-refractivity contribution in [2.45, 2.75) is 77.0 Å². The maximum atomic E-state index is 13.9. The maximum absolute atomic E-state index is 13.9.